The van der Waals surface area contributed by atoms with Crippen LogP contribution in [0.25, 0.3) is 0 Å². The molecule has 1 N–H and O–H groups in total. The van der Waals surface area contributed by atoms with Crippen LogP contribution in [0.2, 0.25) is 15.1 Å². The molecule has 0 aliphatic carbocycles. The van der Waals surface area contributed by atoms with Crippen molar-refractivity contribution >= 4 is 62.3 Å². The third kappa shape index (κ3) is 9.08. The Kier molecular flexibility index (Phi) is 12.7. The molecule has 47 heavy (non-hydrogen) atoms. The highest BCUT2D eigenvalue weighted by molar-refractivity contribution is 7.92. The molecule has 11 heteroatoms. The first-order valence-electron chi connectivity index (χ1n) is 15.3. The third-order valence-electron chi connectivity index (χ3n) is 7.89. The molecule has 248 valence electrons. The third-order valence-corrected chi connectivity index (χ3v) is 10.8. The van der Waals surface area contributed by atoms with Gasteiger partial charge in [-0.3, -0.25) is 13.9 Å². The predicted molar refractivity (Wildman–Crippen MR) is 191 cm³/mol. The number of anilines is 1. The minimum atomic E-state index is -4.28. The first-order valence-corrected chi connectivity index (χ1v) is 17.9. The Morgan fingerprint density at radius 3 is 2.06 bits per heavy atom. The predicted octanol–water partition coefficient (Wildman–Crippen LogP) is 8.02. The number of rotatable bonds is 14. The van der Waals surface area contributed by atoms with Crippen molar-refractivity contribution in [2.24, 2.45) is 0 Å². The molecule has 4 rings (SSSR count). The summed E-state index contributed by atoms with van der Waals surface area (Å²) in [7, 11) is -4.28. The van der Waals surface area contributed by atoms with Gasteiger partial charge in [0.1, 0.15) is 12.6 Å². The largest absolute Gasteiger partial charge is 0.354 e. The van der Waals surface area contributed by atoms with Crippen LogP contribution in [-0.2, 0) is 32.6 Å². The average Bonchev–Trinajstić information content (AvgIpc) is 3.05. The Hall–Kier alpha value is -3.56. The van der Waals surface area contributed by atoms with E-state index in [1.54, 1.807) is 55.5 Å². The molecule has 0 saturated heterocycles. The lowest BCUT2D eigenvalue weighted by atomic mass is 10.0. The van der Waals surface area contributed by atoms with Gasteiger partial charge in [-0.2, -0.15) is 0 Å². The summed E-state index contributed by atoms with van der Waals surface area (Å²) in [5.74, 6) is -0.992. The van der Waals surface area contributed by atoms with Crippen LogP contribution >= 0.6 is 34.8 Å². The van der Waals surface area contributed by atoms with Gasteiger partial charge >= 0.3 is 0 Å². The summed E-state index contributed by atoms with van der Waals surface area (Å²) < 4.78 is 29.6. The number of unbranched alkanes of at least 4 members (excludes halogenated alkanes) is 1. The van der Waals surface area contributed by atoms with E-state index < -0.39 is 28.5 Å². The van der Waals surface area contributed by atoms with E-state index in [2.05, 4.69) is 5.32 Å². The van der Waals surface area contributed by atoms with Crippen molar-refractivity contribution in [1.82, 2.24) is 10.2 Å². The highest BCUT2D eigenvalue weighted by Gasteiger charge is 2.35. The second kappa shape index (κ2) is 16.5. The van der Waals surface area contributed by atoms with Crippen LogP contribution in [0.1, 0.15) is 42.0 Å². The van der Waals surface area contributed by atoms with Crippen molar-refractivity contribution in [2.75, 3.05) is 17.4 Å². The summed E-state index contributed by atoms with van der Waals surface area (Å²) in [4.78, 5) is 30.0. The normalized spacial score (nSPS) is 12.0. The van der Waals surface area contributed by atoms with Gasteiger partial charge in [0.05, 0.1) is 10.6 Å². The Morgan fingerprint density at radius 1 is 0.809 bits per heavy atom. The van der Waals surface area contributed by atoms with Crippen molar-refractivity contribution in [3.8, 4) is 0 Å². The van der Waals surface area contributed by atoms with Crippen LogP contribution in [-0.4, -0.2) is 44.3 Å². The molecule has 0 aliphatic heterocycles. The Morgan fingerprint density at radius 2 is 1.43 bits per heavy atom. The lowest BCUT2D eigenvalue weighted by molar-refractivity contribution is -0.140. The van der Waals surface area contributed by atoms with Gasteiger partial charge < -0.3 is 10.2 Å². The molecule has 1 atom stereocenters. The lowest BCUT2D eigenvalue weighted by Crippen LogP contribution is -2.53. The summed E-state index contributed by atoms with van der Waals surface area (Å²) in [6.45, 7) is 5.24. The van der Waals surface area contributed by atoms with Crippen molar-refractivity contribution in [1.29, 1.82) is 0 Å². The van der Waals surface area contributed by atoms with E-state index in [0.29, 0.717) is 32.7 Å². The van der Waals surface area contributed by atoms with Crippen molar-refractivity contribution < 1.29 is 18.0 Å². The molecule has 0 radical (unpaired) electrons. The minimum Gasteiger partial charge on any atom is -0.354 e. The molecule has 4 aromatic rings. The fraction of sp³-hybridized carbons (Fsp3) is 0.278. The Labute approximate surface area is 292 Å². The number of nitrogens with one attached hydrogen (secondary N) is 1. The van der Waals surface area contributed by atoms with Crippen LogP contribution < -0.4 is 9.62 Å². The molecule has 0 bridgehead atoms. The zero-order valence-electron chi connectivity index (χ0n) is 26.5. The van der Waals surface area contributed by atoms with E-state index in [9.17, 15) is 18.0 Å². The Bertz CT molecular complexity index is 1780. The van der Waals surface area contributed by atoms with Crippen LogP contribution in [0.5, 0.6) is 0 Å². The number of nitrogens with zero attached hydrogens (tertiary/aromatic N) is 2. The second-order valence-corrected chi connectivity index (χ2v) is 14.4. The molecule has 0 saturated carbocycles. The van der Waals surface area contributed by atoms with E-state index in [1.807, 2.05) is 44.2 Å². The summed E-state index contributed by atoms with van der Waals surface area (Å²) in [5.41, 5.74) is 2.87. The van der Waals surface area contributed by atoms with Gasteiger partial charge in [0, 0.05) is 40.1 Å². The average molecular weight is 715 g/mol. The number of carbonyl (C=O) groups excluding carboxylic acids is 2. The molecule has 0 heterocycles. The molecule has 0 unspecified atom stereocenters. The number of halogens is 3. The molecular formula is C36H38Cl3N3O4S. The molecule has 0 aliphatic rings. The van der Waals surface area contributed by atoms with Crippen molar-refractivity contribution in [3.63, 3.8) is 0 Å². The van der Waals surface area contributed by atoms with Crippen LogP contribution in [0.15, 0.2) is 95.9 Å². The molecule has 0 aromatic heterocycles. The maximum Gasteiger partial charge on any atom is 0.264 e. The van der Waals surface area contributed by atoms with Gasteiger partial charge in [-0.1, -0.05) is 108 Å². The number of aryl methyl sites for hydroxylation is 1. The number of hydrogen-bond donors (Lipinski definition) is 1. The maximum absolute atomic E-state index is 14.7. The highest BCUT2D eigenvalue weighted by atomic mass is 35.5. The van der Waals surface area contributed by atoms with Crippen molar-refractivity contribution in [2.45, 2.75) is 57.5 Å². The van der Waals surface area contributed by atoms with E-state index in [1.165, 1.54) is 17.0 Å². The van der Waals surface area contributed by atoms with Gasteiger partial charge in [0.2, 0.25) is 11.8 Å². The van der Waals surface area contributed by atoms with E-state index in [-0.39, 0.29) is 29.5 Å². The van der Waals surface area contributed by atoms with Crippen LogP contribution in [0.4, 0.5) is 5.69 Å². The van der Waals surface area contributed by atoms with Gasteiger partial charge in [-0.05, 0) is 67.8 Å². The fourth-order valence-corrected chi connectivity index (χ4v) is 7.29. The SMILES string of the molecule is CCCCNC(=O)[C@@H](Cc1ccccc1)N(Cc1c(Cl)cccc1Cl)C(=O)CN(c1cccc(Cl)c1C)S(=O)(=O)c1ccc(C)cc1. The molecular weight excluding hydrogens is 677 g/mol. The monoisotopic (exact) mass is 713 g/mol. The molecule has 7 nitrogen and oxygen atoms in total. The quantitative estimate of drug-likeness (QED) is 0.134. The second-order valence-electron chi connectivity index (χ2n) is 11.3. The van der Waals surface area contributed by atoms with E-state index in [0.717, 1.165) is 28.3 Å². The lowest BCUT2D eigenvalue weighted by Gasteiger charge is -2.34. The maximum atomic E-state index is 14.7. The number of hydrogen-bond acceptors (Lipinski definition) is 4. The van der Waals surface area contributed by atoms with Crippen LogP contribution in [0.3, 0.4) is 0 Å². The zero-order chi connectivity index (χ0) is 34.1. The highest BCUT2D eigenvalue weighted by Crippen LogP contribution is 2.32. The molecule has 0 spiro atoms. The van der Waals surface area contributed by atoms with Gasteiger partial charge in [0.15, 0.2) is 0 Å². The molecule has 4 aromatic carbocycles. The summed E-state index contributed by atoms with van der Waals surface area (Å²) in [5, 5.41) is 3.94. The number of carbonyl (C=O) groups is 2. The summed E-state index contributed by atoms with van der Waals surface area (Å²) in [6, 6.07) is 24.6. The smallest absolute Gasteiger partial charge is 0.264 e. The van der Waals surface area contributed by atoms with Crippen molar-refractivity contribution in [3.05, 3.63) is 128 Å². The topological polar surface area (TPSA) is 86.8 Å². The molecule has 2 amide bonds. The van der Waals surface area contributed by atoms with Crippen LogP contribution in [0, 0.1) is 13.8 Å². The van der Waals surface area contributed by atoms with Gasteiger partial charge in [-0.15, -0.1) is 0 Å². The Balaban J connectivity index is 1.85. The van der Waals surface area contributed by atoms with E-state index >= 15 is 0 Å². The minimum absolute atomic E-state index is 0.00844. The van der Waals surface area contributed by atoms with Gasteiger partial charge in [-0.25, -0.2) is 8.42 Å². The number of amides is 2. The van der Waals surface area contributed by atoms with Gasteiger partial charge in [0.25, 0.3) is 10.0 Å². The fourth-order valence-electron chi connectivity index (χ4n) is 5.13. The standard InChI is InChI=1S/C36H38Cl3N3O4S/c1-4-5-21-40-36(44)34(22-27-11-7-6-8-12-27)41(23-29-31(38)14-9-15-32(29)39)35(43)24-42(33-16-10-13-30(37)26(33)3)47(45,46)28-19-17-25(2)18-20-28/h6-20,34H,4-5,21-24H2,1-3H3,(H,40,44)/t34-/m1/s1. The summed E-state index contributed by atoms with van der Waals surface area (Å²) in [6.07, 6.45) is 1.80. The summed E-state index contributed by atoms with van der Waals surface area (Å²) >= 11 is 19.6. The molecule has 0 fully saturated rings. The first-order chi connectivity index (χ1) is 22.4. The van der Waals surface area contributed by atoms with E-state index in [4.69, 9.17) is 34.8 Å². The first kappa shape index (κ1) is 36.3. The number of benzene rings is 4. The number of sulfonamides is 1. The zero-order valence-corrected chi connectivity index (χ0v) is 29.6.